The molecule has 0 unspecified atom stereocenters. The molecule has 0 bridgehead atoms. The maximum atomic E-state index is 3.97. The third-order valence-corrected chi connectivity index (χ3v) is 9.87. The maximum absolute atomic E-state index is 3.97. The van der Waals surface area contributed by atoms with Crippen molar-refractivity contribution in [1.29, 1.82) is 0 Å². The molecule has 0 atom stereocenters. The van der Waals surface area contributed by atoms with Crippen molar-refractivity contribution >= 4 is 71.0 Å². The Morgan fingerprint density at radius 2 is 1.56 bits per heavy atom. The lowest BCUT2D eigenvalue weighted by atomic mass is 9.94. The summed E-state index contributed by atoms with van der Waals surface area (Å²) in [5, 5.41) is 5.26. The molecule has 43 heavy (non-hydrogen) atoms. The van der Waals surface area contributed by atoms with Crippen molar-refractivity contribution < 1.29 is 0 Å². The fourth-order valence-electron chi connectivity index (χ4n) is 6.60. The Kier molecular flexibility index (Phi) is 7.08. The van der Waals surface area contributed by atoms with Crippen molar-refractivity contribution in [2.24, 2.45) is 0 Å². The van der Waals surface area contributed by atoms with Gasteiger partial charge >= 0.3 is 0 Å². The van der Waals surface area contributed by atoms with Crippen molar-refractivity contribution in [3.63, 3.8) is 0 Å². The van der Waals surface area contributed by atoms with Crippen molar-refractivity contribution in [1.82, 2.24) is 0 Å². The first-order valence-electron chi connectivity index (χ1n) is 15.1. The van der Waals surface area contributed by atoms with Gasteiger partial charge in [-0.3, -0.25) is 0 Å². The Labute approximate surface area is 258 Å². The zero-order valence-electron chi connectivity index (χ0n) is 25.0. The smallest absolute Gasteiger partial charge is 0.0676 e. The first-order chi connectivity index (χ1) is 21.1. The van der Waals surface area contributed by atoms with E-state index >= 15 is 0 Å². The van der Waals surface area contributed by atoms with Gasteiger partial charge in [0.2, 0.25) is 0 Å². The molecule has 210 valence electrons. The zero-order valence-corrected chi connectivity index (χ0v) is 25.8. The average molecular weight is 574 g/mol. The second-order valence-electron chi connectivity index (χ2n) is 11.4. The molecule has 0 saturated carbocycles. The summed E-state index contributed by atoms with van der Waals surface area (Å²) in [5.41, 5.74) is 11.2. The molecule has 0 N–H and O–H groups in total. The molecule has 1 nitrogen and oxygen atoms in total. The van der Waals surface area contributed by atoms with E-state index in [1.54, 1.807) is 0 Å². The molecule has 2 heteroatoms. The van der Waals surface area contributed by atoms with Gasteiger partial charge in [-0.25, -0.2) is 0 Å². The third kappa shape index (κ3) is 4.63. The van der Waals surface area contributed by atoms with Crippen LogP contribution in [0.4, 0.5) is 17.1 Å². The lowest BCUT2D eigenvalue weighted by molar-refractivity contribution is 1.04. The summed E-state index contributed by atoms with van der Waals surface area (Å²) in [6.45, 7) is 10.7. The van der Waals surface area contributed by atoms with E-state index in [-0.39, 0.29) is 0 Å². The topological polar surface area (TPSA) is 3.24 Å². The van der Waals surface area contributed by atoms with Crippen LogP contribution in [0.2, 0.25) is 0 Å². The highest BCUT2D eigenvalue weighted by Crippen LogP contribution is 2.51. The molecule has 1 aromatic heterocycles. The molecule has 5 aromatic carbocycles. The highest BCUT2D eigenvalue weighted by Gasteiger charge is 2.26. The van der Waals surface area contributed by atoms with Gasteiger partial charge in [0.1, 0.15) is 0 Å². The molecule has 0 spiro atoms. The van der Waals surface area contributed by atoms with Gasteiger partial charge in [-0.1, -0.05) is 104 Å². The minimum Gasteiger partial charge on any atom is -0.308 e. The largest absolute Gasteiger partial charge is 0.308 e. The van der Waals surface area contributed by atoms with Crippen LogP contribution in [0.25, 0.3) is 42.6 Å². The standard InChI is InChI=1S/C41H35NS/c1-5-6-18-32-27(2)15-14-22-37(32)42(36-25-24-31(26-28(36)3)30-16-8-7-9-17-30)40-29(4)33-19-10-11-20-34(33)39-35-21-12-13-23-38(35)43-41(39)40/h5-6,8,10-26H,1,7,9H2,2-4H3/b18-6-. The van der Waals surface area contributed by atoms with Crippen LogP contribution >= 0.6 is 11.3 Å². The lowest BCUT2D eigenvalue weighted by Crippen LogP contribution is -2.15. The quantitative estimate of drug-likeness (QED) is 0.179. The number of hydrogen-bond acceptors (Lipinski definition) is 2. The SMILES string of the molecule is C=C/C=C\c1c(C)cccc1N(c1ccc(C2=CCCC=C2)cc1C)c1c(C)c2ccccc2c2c1sc1ccccc12. The van der Waals surface area contributed by atoms with Gasteiger partial charge in [0, 0.05) is 26.7 Å². The summed E-state index contributed by atoms with van der Waals surface area (Å²) in [6, 6.07) is 31.4. The minimum absolute atomic E-state index is 1.10. The van der Waals surface area contributed by atoms with Gasteiger partial charge in [-0.2, -0.15) is 0 Å². The number of thiophene rings is 1. The molecular weight excluding hydrogens is 539 g/mol. The summed E-state index contributed by atoms with van der Waals surface area (Å²) in [6.07, 6.45) is 15.2. The molecule has 6 aromatic rings. The number of benzene rings is 5. The molecule has 1 aliphatic rings. The van der Waals surface area contributed by atoms with Gasteiger partial charge in [0.15, 0.2) is 0 Å². The van der Waals surface area contributed by atoms with Crippen LogP contribution in [-0.4, -0.2) is 0 Å². The van der Waals surface area contributed by atoms with E-state index in [1.165, 1.54) is 81.4 Å². The van der Waals surface area contributed by atoms with Crippen LogP contribution in [0.15, 0.2) is 122 Å². The number of aryl methyl sites for hydroxylation is 3. The molecule has 1 heterocycles. The lowest BCUT2D eigenvalue weighted by Gasteiger charge is -2.32. The number of allylic oxidation sites excluding steroid dienone is 6. The number of anilines is 3. The Morgan fingerprint density at radius 1 is 0.767 bits per heavy atom. The summed E-state index contributed by atoms with van der Waals surface area (Å²) >= 11 is 1.90. The molecule has 0 amide bonds. The van der Waals surface area contributed by atoms with Crippen molar-refractivity contribution in [2.75, 3.05) is 4.90 Å². The fraction of sp³-hybridized carbons (Fsp3) is 0.122. The predicted octanol–water partition coefficient (Wildman–Crippen LogP) is 12.5. The van der Waals surface area contributed by atoms with Gasteiger partial charge in [-0.05, 0) is 96.5 Å². The summed E-state index contributed by atoms with van der Waals surface area (Å²) in [7, 11) is 0. The van der Waals surface area contributed by atoms with E-state index in [0.29, 0.717) is 0 Å². The highest BCUT2D eigenvalue weighted by atomic mass is 32.1. The van der Waals surface area contributed by atoms with Crippen LogP contribution in [0.1, 0.15) is 40.7 Å². The molecular formula is C41H35NS. The monoisotopic (exact) mass is 573 g/mol. The fourth-order valence-corrected chi connectivity index (χ4v) is 7.91. The van der Waals surface area contributed by atoms with E-state index in [4.69, 9.17) is 0 Å². The average Bonchev–Trinajstić information content (AvgIpc) is 3.43. The number of hydrogen-bond donors (Lipinski definition) is 0. The molecule has 7 rings (SSSR count). The van der Waals surface area contributed by atoms with Crippen molar-refractivity contribution in [2.45, 2.75) is 33.6 Å². The van der Waals surface area contributed by atoms with Gasteiger partial charge in [0.05, 0.1) is 16.1 Å². The Bertz CT molecular complexity index is 2140. The van der Waals surface area contributed by atoms with E-state index in [9.17, 15) is 0 Å². The third-order valence-electron chi connectivity index (χ3n) is 8.70. The summed E-state index contributed by atoms with van der Waals surface area (Å²) in [5.74, 6) is 0. The van der Waals surface area contributed by atoms with E-state index in [2.05, 4.69) is 141 Å². The number of fused-ring (bicyclic) bond motifs is 5. The second-order valence-corrected chi connectivity index (χ2v) is 12.5. The normalized spacial score (nSPS) is 13.3. The van der Waals surface area contributed by atoms with Crippen LogP contribution in [0.5, 0.6) is 0 Å². The molecule has 0 saturated heterocycles. The van der Waals surface area contributed by atoms with E-state index in [0.717, 1.165) is 12.8 Å². The highest BCUT2D eigenvalue weighted by molar-refractivity contribution is 7.26. The molecule has 0 fully saturated rings. The Morgan fingerprint density at radius 3 is 2.33 bits per heavy atom. The van der Waals surface area contributed by atoms with Crippen molar-refractivity contribution in [3.8, 4) is 0 Å². The summed E-state index contributed by atoms with van der Waals surface area (Å²) in [4.78, 5) is 2.53. The summed E-state index contributed by atoms with van der Waals surface area (Å²) < 4.78 is 2.63. The first-order valence-corrected chi connectivity index (χ1v) is 15.9. The van der Waals surface area contributed by atoms with Gasteiger partial charge in [-0.15, -0.1) is 11.3 Å². The maximum Gasteiger partial charge on any atom is 0.0676 e. The van der Waals surface area contributed by atoms with Gasteiger partial charge < -0.3 is 4.90 Å². The Hall–Kier alpha value is -4.66. The van der Waals surface area contributed by atoms with Crippen molar-refractivity contribution in [3.05, 3.63) is 150 Å². The second kappa shape index (κ2) is 11.2. The Balaban J connectivity index is 1.60. The molecule has 0 aliphatic heterocycles. The molecule has 0 radical (unpaired) electrons. The predicted molar refractivity (Wildman–Crippen MR) is 191 cm³/mol. The van der Waals surface area contributed by atoms with Crippen LogP contribution in [0.3, 0.4) is 0 Å². The van der Waals surface area contributed by atoms with E-state index in [1.807, 2.05) is 23.5 Å². The van der Waals surface area contributed by atoms with E-state index < -0.39 is 0 Å². The zero-order chi connectivity index (χ0) is 29.5. The first kappa shape index (κ1) is 27.2. The number of nitrogens with zero attached hydrogens (tertiary/aromatic N) is 1. The minimum atomic E-state index is 1.10. The van der Waals surface area contributed by atoms with Crippen LogP contribution in [0, 0.1) is 20.8 Å². The number of rotatable bonds is 6. The molecule has 1 aliphatic carbocycles. The van der Waals surface area contributed by atoms with Crippen LogP contribution in [-0.2, 0) is 0 Å². The van der Waals surface area contributed by atoms with Crippen LogP contribution < -0.4 is 4.90 Å². The van der Waals surface area contributed by atoms with Gasteiger partial charge in [0.25, 0.3) is 0 Å².